The predicted octanol–water partition coefficient (Wildman–Crippen LogP) is 2.70. The molecule has 0 atom stereocenters. The van der Waals surface area contributed by atoms with Crippen LogP contribution in [-0.2, 0) is 6.42 Å². The number of aromatic nitrogens is 2. The maximum Gasteiger partial charge on any atom is 0.227 e. The number of rotatable bonds is 3. The summed E-state index contributed by atoms with van der Waals surface area (Å²) in [5.74, 6) is 2.13. The Labute approximate surface area is 119 Å². The van der Waals surface area contributed by atoms with Gasteiger partial charge in [0.2, 0.25) is 11.7 Å². The van der Waals surface area contributed by atoms with Crippen LogP contribution in [0.5, 0.6) is 0 Å². The summed E-state index contributed by atoms with van der Waals surface area (Å²) in [6.45, 7) is 2.20. The zero-order chi connectivity index (χ0) is 12.2. The summed E-state index contributed by atoms with van der Waals surface area (Å²) in [6.07, 6.45) is 3.30. The zero-order valence-corrected chi connectivity index (χ0v) is 11.5. The molecule has 1 aromatic carbocycles. The molecule has 0 radical (unpaired) electrons. The van der Waals surface area contributed by atoms with Crippen LogP contribution in [0.1, 0.15) is 18.7 Å². The predicted molar refractivity (Wildman–Crippen MR) is 76.3 cm³/mol. The van der Waals surface area contributed by atoms with E-state index < -0.39 is 0 Å². The molecule has 19 heavy (non-hydrogen) atoms. The fourth-order valence-corrected chi connectivity index (χ4v) is 2.38. The highest BCUT2D eigenvalue weighted by molar-refractivity contribution is 5.85. The Kier molecular flexibility index (Phi) is 4.93. The smallest absolute Gasteiger partial charge is 0.227 e. The van der Waals surface area contributed by atoms with Crippen molar-refractivity contribution in [3.8, 4) is 11.4 Å². The first-order valence-electron chi connectivity index (χ1n) is 6.50. The first-order valence-corrected chi connectivity index (χ1v) is 6.50. The molecule has 1 N–H and O–H groups in total. The van der Waals surface area contributed by atoms with Crippen molar-refractivity contribution in [2.24, 2.45) is 5.92 Å². The molecule has 0 aliphatic carbocycles. The van der Waals surface area contributed by atoms with Gasteiger partial charge in [-0.15, -0.1) is 12.4 Å². The standard InChI is InChI=1S/C14H17N3O.ClH/c1-2-4-12(5-3-1)14-16-13(18-17-14)10-11-6-8-15-9-7-11;/h1-5,11,15H,6-10H2;1H. The third kappa shape index (κ3) is 3.55. The van der Waals surface area contributed by atoms with Gasteiger partial charge >= 0.3 is 0 Å². The number of nitrogens with zero attached hydrogens (tertiary/aromatic N) is 2. The monoisotopic (exact) mass is 279 g/mol. The maximum absolute atomic E-state index is 5.34. The third-order valence-electron chi connectivity index (χ3n) is 3.42. The summed E-state index contributed by atoms with van der Waals surface area (Å²) >= 11 is 0. The van der Waals surface area contributed by atoms with Crippen LogP contribution in [-0.4, -0.2) is 23.2 Å². The number of halogens is 1. The first-order chi connectivity index (χ1) is 8.92. The average Bonchev–Trinajstić information content (AvgIpc) is 2.89. The summed E-state index contributed by atoms with van der Waals surface area (Å²) < 4.78 is 5.34. The Morgan fingerprint density at radius 2 is 1.89 bits per heavy atom. The molecule has 1 fully saturated rings. The van der Waals surface area contributed by atoms with E-state index >= 15 is 0 Å². The Morgan fingerprint density at radius 3 is 2.63 bits per heavy atom. The lowest BCUT2D eigenvalue weighted by Gasteiger charge is -2.20. The van der Waals surface area contributed by atoms with Crippen molar-refractivity contribution in [2.45, 2.75) is 19.3 Å². The van der Waals surface area contributed by atoms with Crippen LogP contribution < -0.4 is 5.32 Å². The van der Waals surface area contributed by atoms with Crippen LogP contribution >= 0.6 is 12.4 Å². The van der Waals surface area contributed by atoms with Crippen molar-refractivity contribution in [1.29, 1.82) is 0 Å². The van der Waals surface area contributed by atoms with Crippen LogP contribution in [0.4, 0.5) is 0 Å². The van der Waals surface area contributed by atoms with E-state index in [0.29, 0.717) is 11.7 Å². The topological polar surface area (TPSA) is 51.0 Å². The lowest BCUT2D eigenvalue weighted by atomic mass is 9.95. The Bertz CT molecular complexity index is 494. The van der Waals surface area contributed by atoms with Crippen LogP contribution in [0.3, 0.4) is 0 Å². The maximum atomic E-state index is 5.34. The molecule has 102 valence electrons. The number of nitrogens with one attached hydrogen (secondary N) is 1. The molecule has 0 bridgehead atoms. The number of hydrogen-bond donors (Lipinski definition) is 1. The van der Waals surface area contributed by atoms with E-state index in [9.17, 15) is 0 Å². The molecule has 2 heterocycles. The Morgan fingerprint density at radius 1 is 1.16 bits per heavy atom. The molecule has 1 aliphatic rings. The second-order valence-corrected chi connectivity index (χ2v) is 4.78. The molecule has 3 rings (SSSR count). The molecule has 1 aliphatic heterocycles. The fraction of sp³-hybridized carbons (Fsp3) is 0.429. The van der Waals surface area contributed by atoms with Crippen molar-refractivity contribution in [2.75, 3.05) is 13.1 Å². The number of benzene rings is 1. The highest BCUT2D eigenvalue weighted by Crippen LogP contribution is 2.20. The largest absolute Gasteiger partial charge is 0.339 e. The van der Waals surface area contributed by atoms with Crippen LogP contribution in [0.2, 0.25) is 0 Å². The first kappa shape index (κ1) is 14.0. The molecule has 2 aromatic rings. The Balaban J connectivity index is 0.00000133. The van der Waals surface area contributed by atoms with E-state index in [0.717, 1.165) is 31.0 Å². The summed E-state index contributed by atoms with van der Waals surface area (Å²) in [5.41, 5.74) is 1.01. The summed E-state index contributed by atoms with van der Waals surface area (Å²) in [7, 11) is 0. The highest BCUT2D eigenvalue weighted by atomic mass is 35.5. The van der Waals surface area contributed by atoms with Gasteiger partial charge in [0.05, 0.1) is 0 Å². The van der Waals surface area contributed by atoms with Gasteiger partial charge in [-0.3, -0.25) is 0 Å². The highest BCUT2D eigenvalue weighted by Gasteiger charge is 2.17. The van der Waals surface area contributed by atoms with Crippen LogP contribution in [0.15, 0.2) is 34.9 Å². The molecule has 1 aromatic heterocycles. The van der Waals surface area contributed by atoms with E-state index in [2.05, 4.69) is 15.5 Å². The number of piperidine rings is 1. The summed E-state index contributed by atoms with van der Waals surface area (Å²) in [4.78, 5) is 4.48. The van der Waals surface area contributed by atoms with Crippen molar-refractivity contribution < 1.29 is 4.52 Å². The summed E-state index contributed by atoms with van der Waals surface area (Å²) in [6, 6.07) is 9.95. The van der Waals surface area contributed by atoms with Crippen molar-refractivity contribution >= 4 is 12.4 Å². The molecular weight excluding hydrogens is 262 g/mol. The molecule has 5 heteroatoms. The van der Waals surface area contributed by atoms with E-state index in [-0.39, 0.29) is 12.4 Å². The number of hydrogen-bond acceptors (Lipinski definition) is 4. The molecule has 0 amide bonds. The molecular formula is C14H18ClN3O. The van der Waals surface area contributed by atoms with E-state index in [1.807, 2.05) is 30.3 Å². The van der Waals surface area contributed by atoms with E-state index in [1.165, 1.54) is 12.8 Å². The van der Waals surface area contributed by atoms with E-state index in [1.54, 1.807) is 0 Å². The minimum atomic E-state index is 0. The fourth-order valence-electron chi connectivity index (χ4n) is 2.38. The second kappa shape index (κ2) is 6.68. The zero-order valence-electron chi connectivity index (χ0n) is 10.7. The normalized spacial score (nSPS) is 16.0. The minimum Gasteiger partial charge on any atom is -0.339 e. The van der Waals surface area contributed by atoms with Gasteiger partial charge in [0.25, 0.3) is 0 Å². The van der Waals surface area contributed by atoms with Crippen molar-refractivity contribution in [3.05, 3.63) is 36.2 Å². The van der Waals surface area contributed by atoms with Gasteiger partial charge in [0.15, 0.2) is 0 Å². The van der Waals surface area contributed by atoms with Gasteiger partial charge < -0.3 is 9.84 Å². The lowest BCUT2D eigenvalue weighted by Crippen LogP contribution is -2.28. The van der Waals surface area contributed by atoms with Crippen LogP contribution in [0, 0.1) is 5.92 Å². The van der Waals surface area contributed by atoms with Crippen molar-refractivity contribution in [1.82, 2.24) is 15.5 Å². The SMILES string of the molecule is Cl.c1ccc(-c2noc(CC3CCNCC3)n2)cc1. The minimum absolute atomic E-state index is 0. The lowest BCUT2D eigenvalue weighted by molar-refractivity contribution is 0.313. The van der Waals surface area contributed by atoms with Gasteiger partial charge in [-0.2, -0.15) is 4.98 Å². The summed E-state index contributed by atoms with van der Waals surface area (Å²) in [5, 5.41) is 7.42. The Hall–Kier alpha value is -1.39. The molecule has 0 unspecified atom stereocenters. The van der Waals surface area contributed by atoms with Gasteiger partial charge in [0, 0.05) is 12.0 Å². The van der Waals surface area contributed by atoms with Gasteiger partial charge in [-0.25, -0.2) is 0 Å². The van der Waals surface area contributed by atoms with Gasteiger partial charge in [0.1, 0.15) is 0 Å². The van der Waals surface area contributed by atoms with Crippen LogP contribution in [0.25, 0.3) is 11.4 Å². The van der Waals surface area contributed by atoms with E-state index in [4.69, 9.17) is 4.52 Å². The average molecular weight is 280 g/mol. The molecule has 4 nitrogen and oxygen atoms in total. The molecule has 0 saturated carbocycles. The van der Waals surface area contributed by atoms with Gasteiger partial charge in [-0.05, 0) is 31.8 Å². The van der Waals surface area contributed by atoms with Crippen molar-refractivity contribution in [3.63, 3.8) is 0 Å². The quantitative estimate of drug-likeness (QED) is 0.939. The van der Waals surface area contributed by atoms with Gasteiger partial charge in [-0.1, -0.05) is 35.5 Å². The third-order valence-corrected chi connectivity index (χ3v) is 3.42. The molecule has 0 spiro atoms. The molecule has 1 saturated heterocycles. The second-order valence-electron chi connectivity index (χ2n) is 4.78.